The third-order valence-electron chi connectivity index (χ3n) is 6.99. The fourth-order valence-electron chi connectivity index (χ4n) is 4.83. The van der Waals surface area contributed by atoms with E-state index in [0.717, 1.165) is 47.0 Å². The van der Waals surface area contributed by atoms with Crippen LogP contribution in [0.1, 0.15) is 30.4 Å². The summed E-state index contributed by atoms with van der Waals surface area (Å²) in [6.45, 7) is 0. The zero-order chi connectivity index (χ0) is 30.6. The van der Waals surface area contributed by atoms with E-state index in [-0.39, 0.29) is 27.9 Å². The Balaban J connectivity index is 1.25. The summed E-state index contributed by atoms with van der Waals surface area (Å²) in [5, 5.41) is 5.07. The summed E-state index contributed by atoms with van der Waals surface area (Å²) in [5.74, 6) is -1.24. The van der Waals surface area contributed by atoms with Crippen molar-refractivity contribution in [3.8, 4) is 11.5 Å². The van der Waals surface area contributed by atoms with E-state index in [1.165, 1.54) is 12.3 Å². The highest BCUT2D eigenvalue weighted by molar-refractivity contribution is 9.10. The molecular formula is C30H27BrClFN4O5S. The minimum absolute atomic E-state index is 0.0778. The van der Waals surface area contributed by atoms with E-state index in [4.69, 9.17) is 22.1 Å². The van der Waals surface area contributed by atoms with Gasteiger partial charge in [0.25, 0.3) is 10.0 Å². The molecule has 0 saturated heterocycles. The molecule has 2 heterocycles. The summed E-state index contributed by atoms with van der Waals surface area (Å²) in [6.07, 6.45) is 6.28. The van der Waals surface area contributed by atoms with Gasteiger partial charge >= 0.3 is 0 Å². The van der Waals surface area contributed by atoms with Crippen LogP contribution in [-0.4, -0.2) is 24.5 Å². The number of hydrogen-bond donors (Lipinski definition) is 3. The third-order valence-corrected chi connectivity index (χ3v) is 9.21. The molecule has 0 saturated carbocycles. The monoisotopic (exact) mass is 688 g/mol. The second-order valence-corrected chi connectivity index (χ2v) is 12.9. The molecular weight excluding hydrogens is 663 g/mol. The molecule has 3 aromatic carbocycles. The van der Waals surface area contributed by atoms with E-state index in [1.54, 1.807) is 18.2 Å². The average Bonchev–Trinajstić information content (AvgIpc) is 3.62. The largest absolute Gasteiger partial charge is 0.456 e. The molecule has 0 aliphatic rings. The number of hydrogen-bond acceptors (Lipinski definition) is 6. The zero-order valence-corrected chi connectivity index (χ0v) is 25.8. The van der Waals surface area contributed by atoms with Crippen molar-refractivity contribution in [3.63, 3.8) is 0 Å². The highest BCUT2D eigenvalue weighted by atomic mass is 79.9. The number of nitrogens with two attached hydrogens (primary N) is 1. The van der Waals surface area contributed by atoms with Crippen LogP contribution in [0.2, 0.25) is 5.02 Å². The number of nitrogens with one attached hydrogen (secondary N) is 2. The highest BCUT2D eigenvalue weighted by Gasteiger charge is 2.24. The average molecular weight is 690 g/mol. The molecule has 5 aromatic rings. The predicted octanol–water partition coefficient (Wildman–Crippen LogP) is 7.36. The SMILES string of the molecule is NC(=O)C(CCCCc1cc(Cl)ccc1Oc1cc(F)c(S(=O)(=O)Nc2ccon2)cc1Br)Cc1c[nH]c2ccccc12. The smallest absolute Gasteiger partial charge is 0.266 e. The molecule has 9 nitrogen and oxygen atoms in total. The van der Waals surface area contributed by atoms with Crippen molar-refractivity contribution < 1.29 is 26.9 Å². The third kappa shape index (κ3) is 7.38. The van der Waals surface area contributed by atoms with Crippen molar-refractivity contribution in [2.75, 3.05) is 4.72 Å². The minimum Gasteiger partial charge on any atom is -0.456 e. The van der Waals surface area contributed by atoms with E-state index in [0.29, 0.717) is 30.0 Å². The summed E-state index contributed by atoms with van der Waals surface area (Å²) < 4.78 is 53.4. The molecule has 2 aromatic heterocycles. The lowest BCUT2D eigenvalue weighted by molar-refractivity contribution is -0.122. The number of H-pyrrole nitrogens is 1. The van der Waals surface area contributed by atoms with Gasteiger partial charge in [0.05, 0.1) is 4.47 Å². The number of primary amides is 1. The number of rotatable bonds is 13. The quantitative estimate of drug-likeness (QED) is 0.110. The first-order valence-electron chi connectivity index (χ1n) is 13.3. The van der Waals surface area contributed by atoms with Gasteiger partial charge in [0.15, 0.2) is 5.82 Å². The zero-order valence-electron chi connectivity index (χ0n) is 22.6. The molecule has 224 valence electrons. The summed E-state index contributed by atoms with van der Waals surface area (Å²) >= 11 is 9.55. The van der Waals surface area contributed by atoms with Crippen LogP contribution in [0.3, 0.4) is 0 Å². The van der Waals surface area contributed by atoms with Crippen molar-refractivity contribution in [3.05, 3.63) is 99.6 Å². The maximum Gasteiger partial charge on any atom is 0.266 e. The van der Waals surface area contributed by atoms with Gasteiger partial charge in [0, 0.05) is 40.2 Å². The molecule has 43 heavy (non-hydrogen) atoms. The second kappa shape index (κ2) is 13.2. The number of anilines is 1. The second-order valence-electron chi connectivity index (χ2n) is 9.97. The number of aromatic amines is 1. The Kier molecular flexibility index (Phi) is 9.38. The Morgan fingerprint density at radius 2 is 1.93 bits per heavy atom. The van der Waals surface area contributed by atoms with Gasteiger partial charge in [-0.15, -0.1) is 0 Å². The van der Waals surface area contributed by atoms with Gasteiger partial charge in [-0.3, -0.25) is 9.52 Å². The van der Waals surface area contributed by atoms with E-state index in [9.17, 15) is 13.2 Å². The van der Waals surface area contributed by atoms with Crippen LogP contribution in [0.5, 0.6) is 11.5 Å². The Bertz CT molecular complexity index is 1860. The lowest BCUT2D eigenvalue weighted by Crippen LogP contribution is -2.25. The van der Waals surface area contributed by atoms with Crippen LogP contribution in [0.25, 0.3) is 10.9 Å². The maximum absolute atomic E-state index is 15.0. The first-order valence-corrected chi connectivity index (χ1v) is 16.0. The Hall–Kier alpha value is -3.87. The Morgan fingerprint density at radius 3 is 2.70 bits per heavy atom. The highest BCUT2D eigenvalue weighted by Crippen LogP contribution is 2.36. The number of nitrogens with zero attached hydrogens (tertiary/aromatic N) is 1. The standard InChI is InChI=1S/C30H27BrClFN4O5S/c31-23-15-28(43(39,40)37-29-11-12-41-36-29)24(33)16-27(23)42-26-10-9-21(32)14-18(26)5-1-2-6-19(30(34)38)13-20-17-35-25-8-4-3-7-22(20)25/h3-4,7-12,14-17,19,35H,1-2,5-6,13H2,(H2,34,38)(H,36,37). The number of carbonyl (C=O) groups excluding carboxylic acids is 1. The van der Waals surface area contributed by atoms with Crippen LogP contribution >= 0.6 is 27.5 Å². The van der Waals surface area contributed by atoms with Crippen LogP contribution in [0, 0.1) is 11.7 Å². The van der Waals surface area contributed by atoms with Gasteiger partial charge in [-0.05, 0) is 83.1 Å². The van der Waals surface area contributed by atoms with Crippen molar-refractivity contribution in [2.24, 2.45) is 11.7 Å². The molecule has 1 amide bonds. The first-order chi connectivity index (χ1) is 20.6. The van der Waals surface area contributed by atoms with Gasteiger partial charge in [0.1, 0.15) is 28.5 Å². The Labute approximate surface area is 260 Å². The summed E-state index contributed by atoms with van der Waals surface area (Å²) in [7, 11) is -4.28. The summed E-state index contributed by atoms with van der Waals surface area (Å²) in [4.78, 5) is 14.9. The summed E-state index contributed by atoms with van der Waals surface area (Å²) in [5.41, 5.74) is 8.59. The van der Waals surface area contributed by atoms with Crippen LogP contribution in [0.15, 0.2) is 87.0 Å². The normalized spacial score (nSPS) is 12.3. The van der Waals surface area contributed by atoms with E-state index < -0.39 is 20.7 Å². The number of carbonyl (C=O) groups is 1. The molecule has 1 atom stereocenters. The topological polar surface area (TPSA) is 140 Å². The summed E-state index contributed by atoms with van der Waals surface area (Å²) in [6, 6.07) is 16.4. The molecule has 0 spiro atoms. The lowest BCUT2D eigenvalue weighted by Gasteiger charge is -2.15. The fourth-order valence-corrected chi connectivity index (χ4v) is 6.68. The number of unbranched alkanes of at least 4 members (excludes halogenated alkanes) is 1. The molecule has 0 radical (unpaired) electrons. The van der Waals surface area contributed by atoms with E-state index in [1.807, 2.05) is 30.5 Å². The molecule has 1 unspecified atom stereocenters. The van der Waals surface area contributed by atoms with E-state index >= 15 is 4.39 Å². The number of ether oxygens (including phenoxy) is 1. The van der Waals surface area contributed by atoms with Crippen molar-refractivity contribution >= 4 is 60.2 Å². The molecule has 0 bridgehead atoms. The number of benzene rings is 3. The maximum atomic E-state index is 15.0. The number of amides is 1. The van der Waals surface area contributed by atoms with Gasteiger partial charge in [0.2, 0.25) is 5.91 Å². The fraction of sp³-hybridized carbons (Fsp3) is 0.200. The van der Waals surface area contributed by atoms with Crippen molar-refractivity contribution in [1.82, 2.24) is 10.1 Å². The number of para-hydroxylation sites is 1. The van der Waals surface area contributed by atoms with Crippen molar-refractivity contribution in [1.29, 1.82) is 0 Å². The lowest BCUT2D eigenvalue weighted by atomic mass is 9.92. The van der Waals surface area contributed by atoms with Gasteiger partial charge < -0.3 is 20.0 Å². The van der Waals surface area contributed by atoms with E-state index in [2.05, 4.69) is 35.3 Å². The number of halogens is 3. The number of fused-ring (bicyclic) bond motifs is 1. The molecule has 0 aliphatic heterocycles. The molecule has 5 rings (SSSR count). The van der Waals surface area contributed by atoms with Crippen LogP contribution < -0.4 is 15.2 Å². The predicted molar refractivity (Wildman–Crippen MR) is 165 cm³/mol. The van der Waals surface area contributed by atoms with Gasteiger partial charge in [-0.25, -0.2) is 12.8 Å². The number of aromatic nitrogens is 2. The number of sulfonamides is 1. The minimum atomic E-state index is -4.28. The van der Waals surface area contributed by atoms with Gasteiger partial charge in [-0.2, -0.15) is 0 Å². The van der Waals surface area contributed by atoms with Crippen LogP contribution in [0.4, 0.5) is 10.2 Å². The molecule has 0 fully saturated rings. The number of aryl methyl sites for hydroxylation is 1. The Morgan fingerprint density at radius 1 is 1.12 bits per heavy atom. The first kappa shape index (κ1) is 30.6. The van der Waals surface area contributed by atoms with Crippen LogP contribution in [-0.2, 0) is 27.7 Å². The van der Waals surface area contributed by atoms with Gasteiger partial charge in [-0.1, -0.05) is 41.4 Å². The molecule has 0 aliphatic carbocycles. The molecule has 4 N–H and O–H groups in total. The van der Waals surface area contributed by atoms with Crippen molar-refractivity contribution in [2.45, 2.75) is 37.0 Å². The molecule has 13 heteroatoms.